The van der Waals surface area contributed by atoms with Gasteiger partial charge >= 0.3 is 5.97 Å². The van der Waals surface area contributed by atoms with Gasteiger partial charge in [0.15, 0.2) is 0 Å². The van der Waals surface area contributed by atoms with Crippen LogP contribution >= 0.6 is 22.9 Å². The number of carboxylic acids is 1. The van der Waals surface area contributed by atoms with Crippen molar-refractivity contribution in [2.45, 2.75) is 39.0 Å². The number of benzene rings is 2. The first-order valence-electron chi connectivity index (χ1n) is 17.5. The van der Waals surface area contributed by atoms with Crippen molar-refractivity contribution in [3.8, 4) is 27.8 Å². The van der Waals surface area contributed by atoms with Gasteiger partial charge in [-0.15, -0.1) is 11.3 Å². The van der Waals surface area contributed by atoms with Crippen molar-refractivity contribution in [2.24, 2.45) is 36.1 Å². The number of anilines is 1. The smallest absolute Gasteiger partial charge is 0.305 e. The number of aromatic hydroxyl groups is 1. The van der Waals surface area contributed by atoms with Crippen LogP contribution in [-0.4, -0.2) is 75.3 Å². The normalized spacial score (nSPS) is 26.3. The number of amides is 4. The van der Waals surface area contributed by atoms with Gasteiger partial charge in [-0.2, -0.15) is 5.10 Å². The van der Waals surface area contributed by atoms with E-state index in [1.165, 1.54) is 47.3 Å². The number of rotatable bonds is 8. The Kier molecular flexibility index (Phi) is 8.42. The van der Waals surface area contributed by atoms with Crippen LogP contribution in [0.3, 0.4) is 0 Å². The molecule has 2 aliphatic heterocycles. The van der Waals surface area contributed by atoms with Gasteiger partial charge in [0.2, 0.25) is 23.6 Å². The molecule has 13 nitrogen and oxygen atoms in total. The predicted molar refractivity (Wildman–Crippen MR) is 199 cm³/mol. The summed E-state index contributed by atoms with van der Waals surface area (Å²) in [6, 6.07) is 10.2. The molecule has 8 rings (SSSR count). The number of aryl methyl sites for hydroxylation is 2. The summed E-state index contributed by atoms with van der Waals surface area (Å²) in [5, 5.41) is 26.3. The Morgan fingerprint density at radius 3 is 2.41 bits per heavy atom. The molecule has 4 heterocycles. The number of ether oxygens (including phenoxy) is 2. The lowest BCUT2D eigenvalue weighted by Crippen LogP contribution is -2.49. The Balaban J connectivity index is 1.27. The van der Waals surface area contributed by atoms with Crippen LogP contribution in [0.4, 0.5) is 5.82 Å². The van der Waals surface area contributed by atoms with Crippen LogP contribution < -0.4 is 14.4 Å². The van der Waals surface area contributed by atoms with Crippen LogP contribution in [-0.2, 0) is 31.0 Å². The number of phenols is 1. The Morgan fingerprint density at radius 2 is 1.74 bits per heavy atom. The molecule has 0 bridgehead atoms. The molecule has 4 aliphatic rings. The van der Waals surface area contributed by atoms with Gasteiger partial charge in [-0.1, -0.05) is 23.3 Å². The largest absolute Gasteiger partial charge is 0.508 e. The molecule has 54 heavy (non-hydrogen) atoms. The Bertz CT molecular complexity index is 2340. The molecule has 2 saturated heterocycles. The molecule has 0 radical (unpaired) electrons. The molecule has 6 atom stereocenters. The topological polar surface area (TPSA) is 169 Å². The minimum Gasteiger partial charge on any atom is -0.508 e. The summed E-state index contributed by atoms with van der Waals surface area (Å²) in [5.41, 5.74) is 1.22. The summed E-state index contributed by atoms with van der Waals surface area (Å²) in [5.74, 6) is -6.52. The fourth-order valence-corrected chi connectivity index (χ4v) is 10.8. The van der Waals surface area contributed by atoms with E-state index in [0.717, 1.165) is 25.4 Å². The van der Waals surface area contributed by atoms with E-state index in [9.17, 15) is 29.4 Å². The highest BCUT2D eigenvalue weighted by Gasteiger charge is 2.68. The monoisotopic (exact) mass is 772 g/mol. The number of halogens is 1. The number of nitrogens with zero attached hydrogens (tertiary/aromatic N) is 4. The first-order valence-corrected chi connectivity index (χ1v) is 18.7. The van der Waals surface area contributed by atoms with Gasteiger partial charge in [0.05, 0.1) is 48.7 Å². The molecule has 0 unspecified atom stereocenters. The number of thiophene rings is 1. The lowest BCUT2D eigenvalue weighted by molar-refractivity contribution is -0.142. The highest BCUT2D eigenvalue weighted by Crippen LogP contribution is 2.65. The van der Waals surface area contributed by atoms with Crippen LogP contribution in [0.2, 0.25) is 5.02 Å². The summed E-state index contributed by atoms with van der Waals surface area (Å²) in [4.78, 5) is 72.3. The molecule has 15 heteroatoms. The third kappa shape index (κ3) is 5.02. The summed E-state index contributed by atoms with van der Waals surface area (Å²) < 4.78 is 14.1. The number of hydrogen-bond acceptors (Lipinski definition) is 10. The van der Waals surface area contributed by atoms with Crippen LogP contribution in [0.25, 0.3) is 20.7 Å². The van der Waals surface area contributed by atoms with Gasteiger partial charge in [-0.05, 0) is 61.8 Å². The van der Waals surface area contributed by atoms with Crippen molar-refractivity contribution >= 4 is 68.4 Å². The number of fused-ring (bicyclic) bond motifs is 5. The van der Waals surface area contributed by atoms with Gasteiger partial charge < -0.3 is 19.7 Å². The Morgan fingerprint density at radius 1 is 1.04 bits per heavy atom. The molecular formula is C39H37ClN4O9S. The predicted octanol–water partition coefficient (Wildman–Crippen LogP) is 5.69. The lowest BCUT2D eigenvalue weighted by Gasteiger charge is -2.49. The number of likely N-dealkylation sites (tertiary alicyclic amines) is 1. The first-order chi connectivity index (χ1) is 25.7. The molecule has 0 spiro atoms. The van der Waals surface area contributed by atoms with E-state index in [4.69, 9.17) is 26.2 Å². The highest BCUT2D eigenvalue weighted by atomic mass is 35.5. The third-order valence-electron chi connectivity index (χ3n) is 11.9. The molecule has 2 N–H and O–H groups in total. The van der Waals surface area contributed by atoms with Crippen molar-refractivity contribution in [2.75, 3.05) is 25.7 Å². The standard InChI is InChI=1S/C39H37ClN4O9S/c1-17-22-12-18(40)6-9-28(22)54-34(17)25-16-29(42(3)41-25)44-36(49)24-15-23-20(7-8-21-31(23)37(50)43(35(21)48)11-10-30(46)47)33(39(24,2)38(44)51)32-26(52-4)13-19(45)14-27(32)53-5/h6-7,9,12-14,16,21,23-24,31,33,45H,8,10-11,15H2,1-5H3,(H,46,47)/t21-,23+,24-,31-,33+,39+/m0/s1. The number of carboxylic acid groups (broad SMARTS) is 1. The Labute approximate surface area is 318 Å². The number of phenolic OH excluding ortho intramolecular Hbond substituents is 1. The average Bonchev–Trinajstić information content (AvgIpc) is 3.80. The number of carbonyl (C=O) groups excluding carboxylic acids is 4. The average molecular weight is 773 g/mol. The van der Waals surface area contributed by atoms with E-state index < -0.39 is 71.0 Å². The van der Waals surface area contributed by atoms with Crippen LogP contribution in [0, 0.1) is 36.0 Å². The number of aromatic nitrogens is 2. The molecule has 4 amide bonds. The fraction of sp³-hybridized carbons (Fsp3) is 0.385. The van der Waals surface area contributed by atoms with Gasteiger partial charge in [-0.3, -0.25) is 33.6 Å². The summed E-state index contributed by atoms with van der Waals surface area (Å²) >= 11 is 7.83. The summed E-state index contributed by atoms with van der Waals surface area (Å²) in [6.07, 6.45) is 1.77. The number of allylic oxidation sites excluding steroid dienone is 2. The highest BCUT2D eigenvalue weighted by molar-refractivity contribution is 7.22. The minimum absolute atomic E-state index is 0.0937. The molecule has 4 aromatic rings. The lowest BCUT2D eigenvalue weighted by atomic mass is 9.51. The maximum atomic E-state index is 15.2. The van der Waals surface area contributed by atoms with Gasteiger partial charge in [-0.25, -0.2) is 4.90 Å². The molecule has 280 valence electrons. The zero-order valence-corrected chi connectivity index (χ0v) is 31.7. The van der Waals surface area contributed by atoms with Gasteiger partial charge in [0.25, 0.3) is 0 Å². The van der Waals surface area contributed by atoms with E-state index in [1.807, 2.05) is 31.2 Å². The molecule has 1 saturated carbocycles. The second kappa shape index (κ2) is 12.7. The molecular weight excluding hydrogens is 736 g/mol. The van der Waals surface area contributed by atoms with E-state index in [0.29, 0.717) is 21.9 Å². The molecule has 2 aliphatic carbocycles. The van der Waals surface area contributed by atoms with Gasteiger partial charge in [0.1, 0.15) is 28.8 Å². The van der Waals surface area contributed by atoms with Crippen molar-refractivity contribution < 1.29 is 43.7 Å². The van der Waals surface area contributed by atoms with E-state index >= 15 is 4.79 Å². The zero-order chi connectivity index (χ0) is 38.5. The minimum atomic E-state index is -1.44. The zero-order valence-electron chi connectivity index (χ0n) is 30.1. The summed E-state index contributed by atoms with van der Waals surface area (Å²) in [7, 11) is 4.53. The number of imide groups is 2. The summed E-state index contributed by atoms with van der Waals surface area (Å²) in [6.45, 7) is 3.46. The number of methoxy groups -OCH3 is 2. The third-order valence-corrected chi connectivity index (χ3v) is 13.5. The van der Waals surface area contributed by atoms with Crippen molar-refractivity contribution in [1.29, 1.82) is 0 Å². The maximum Gasteiger partial charge on any atom is 0.305 e. The number of hydrogen-bond donors (Lipinski definition) is 2. The van der Waals surface area contributed by atoms with E-state index in [-0.39, 0.29) is 42.5 Å². The quantitative estimate of drug-likeness (QED) is 0.168. The van der Waals surface area contributed by atoms with Crippen LogP contribution in [0.15, 0.2) is 48.0 Å². The van der Waals surface area contributed by atoms with Crippen LogP contribution in [0.5, 0.6) is 17.2 Å². The SMILES string of the molecule is COc1cc(O)cc(OC)c1[C@H]1C2=CC[C@@H]3C(=O)N(CCC(=O)O)C(=O)[C@@H]3[C@@H]2C[C@H]2C(=O)N(c3cc(-c4sc5ccc(Cl)cc5c4C)nn3C)C(=O)[C@@]12C. The van der Waals surface area contributed by atoms with E-state index in [1.54, 1.807) is 20.0 Å². The van der Waals surface area contributed by atoms with E-state index in [2.05, 4.69) is 0 Å². The molecule has 3 fully saturated rings. The van der Waals surface area contributed by atoms with Crippen molar-refractivity contribution in [3.05, 3.63) is 64.2 Å². The van der Waals surface area contributed by atoms with Crippen molar-refractivity contribution in [1.82, 2.24) is 14.7 Å². The maximum absolute atomic E-state index is 15.2. The first kappa shape index (κ1) is 35.8. The number of carbonyl (C=O) groups is 5. The Hall–Kier alpha value is -5.21. The van der Waals surface area contributed by atoms with Crippen molar-refractivity contribution in [3.63, 3.8) is 0 Å². The van der Waals surface area contributed by atoms with Crippen LogP contribution in [0.1, 0.15) is 43.2 Å². The second-order valence-electron chi connectivity index (χ2n) is 14.6. The van der Waals surface area contributed by atoms with Gasteiger partial charge in [0, 0.05) is 53.0 Å². The second-order valence-corrected chi connectivity index (χ2v) is 16.1. The molecule has 2 aromatic carbocycles. The molecule has 2 aromatic heterocycles. The number of aliphatic carboxylic acids is 1. The fourth-order valence-electron chi connectivity index (χ4n) is 9.46.